The number of nitrogen functional groups attached to an aromatic ring is 1. The number of hydrogen-bond acceptors (Lipinski definition) is 8. The van der Waals surface area contributed by atoms with Gasteiger partial charge in [0, 0.05) is 35.0 Å². The summed E-state index contributed by atoms with van der Waals surface area (Å²) in [5.74, 6) is -2.51. The zero-order valence-electron chi connectivity index (χ0n) is 17.6. The predicted molar refractivity (Wildman–Crippen MR) is 123 cm³/mol. The number of methoxy groups -OCH3 is 1. The van der Waals surface area contributed by atoms with E-state index in [9.17, 15) is 25.6 Å². The van der Waals surface area contributed by atoms with Gasteiger partial charge in [0.15, 0.2) is 11.6 Å². The quantitative estimate of drug-likeness (QED) is 0.373. The summed E-state index contributed by atoms with van der Waals surface area (Å²) in [6.45, 7) is 0. The lowest BCUT2D eigenvalue weighted by atomic mass is 10.0. The number of rotatable bonds is 8. The van der Waals surface area contributed by atoms with E-state index in [-0.39, 0.29) is 39.7 Å². The number of hydrogen-bond donors (Lipinski definition) is 3. The monoisotopic (exact) mass is 533 g/mol. The maximum Gasteiger partial charge on any atom is 0.354 e. The van der Waals surface area contributed by atoms with Crippen LogP contribution in [-0.2, 0) is 24.5 Å². The molecule has 182 valence electrons. The molecular weight excluding hydrogens is 516 g/mol. The summed E-state index contributed by atoms with van der Waals surface area (Å²) in [7, 11) is -7.66. The summed E-state index contributed by atoms with van der Waals surface area (Å²) in [5, 5.41) is 0.186. The summed E-state index contributed by atoms with van der Waals surface area (Å²) in [4.78, 5) is 7.74. The third-order valence-electron chi connectivity index (χ3n) is 4.64. The van der Waals surface area contributed by atoms with Crippen molar-refractivity contribution in [3.05, 3.63) is 64.4 Å². The molecule has 0 radical (unpaired) electrons. The predicted octanol–water partition coefficient (Wildman–Crippen LogP) is 2.46. The largest absolute Gasteiger partial charge is 0.494 e. The van der Waals surface area contributed by atoms with Crippen LogP contribution < -0.4 is 19.9 Å². The molecule has 0 unspecified atom stereocenters. The van der Waals surface area contributed by atoms with E-state index in [1.165, 1.54) is 31.5 Å². The Morgan fingerprint density at radius 1 is 1.09 bits per heavy atom. The first kappa shape index (κ1) is 25.6. The first-order valence-corrected chi connectivity index (χ1v) is 13.1. The summed E-state index contributed by atoms with van der Waals surface area (Å²) < 4.78 is 85.2. The molecular formula is C19H18ClF2N5O5S2. The fraction of sp³-hybridized carbons (Fsp3) is 0.158. The fourth-order valence-corrected chi connectivity index (χ4v) is 5.09. The Bertz CT molecular complexity index is 1470. The van der Waals surface area contributed by atoms with Gasteiger partial charge in [-0.15, -0.1) is 0 Å². The summed E-state index contributed by atoms with van der Waals surface area (Å²) in [6.07, 6.45) is 2.20. The second-order valence-corrected chi connectivity index (χ2v) is 12.2. The molecule has 0 atom stereocenters. The molecule has 15 heteroatoms. The normalized spacial score (nSPS) is 11.9. The second kappa shape index (κ2) is 9.66. The van der Waals surface area contributed by atoms with Gasteiger partial charge in [0.1, 0.15) is 17.3 Å². The highest BCUT2D eigenvalue weighted by Gasteiger charge is 2.30. The maximum absolute atomic E-state index is 15.0. The van der Waals surface area contributed by atoms with Gasteiger partial charge in [0.05, 0.1) is 12.8 Å². The van der Waals surface area contributed by atoms with Crippen LogP contribution in [0.1, 0.15) is 11.1 Å². The van der Waals surface area contributed by atoms with Gasteiger partial charge in [-0.1, -0.05) is 11.6 Å². The molecule has 0 bridgehead atoms. The first-order valence-electron chi connectivity index (χ1n) is 9.28. The molecule has 0 spiro atoms. The Morgan fingerprint density at radius 3 is 2.41 bits per heavy atom. The van der Waals surface area contributed by atoms with Gasteiger partial charge in [0.2, 0.25) is 0 Å². The standard InChI is InChI=1S/C19H18ClF2N5O5S2/c1-24-33(28,29)34(30,31)27-19-15(22)10(5-6-25-19)7-11-9-26-17(16(23)18(11)32-2)13-4-3-12(20)8-14(13)21/h3-6,8-9,24H,7,23H2,1-2H3,(H,25,27). The number of anilines is 2. The van der Waals surface area contributed by atoms with Crippen molar-refractivity contribution in [1.29, 1.82) is 0 Å². The van der Waals surface area contributed by atoms with Gasteiger partial charge < -0.3 is 10.5 Å². The molecule has 4 N–H and O–H groups in total. The van der Waals surface area contributed by atoms with Gasteiger partial charge in [-0.05, 0) is 36.9 Å². The highest BCUT2D eigenvalue weighted by atomic mass is 35.5. The van der Waals surface area contributed by atoms with E-state index in [1.54, 1.807) is 9.44 Å². The average molecular weight is 534 g/mol. The molecule has 10 nitrogen and oxygen atoms in total. The number of nitrogens with two attached hydrogens (primary N) is 1. The minimum Gasteiger partial charge on any atom is -0.494 e. The number of aromatic nitrogens is 2. The van der Waals surface area contributed by atoms with Crippen molar-refractivity contribution in [2.75, 3.05) is 24.6 Å². The Balaban J connectivity index is 2.00. The second-order valence-electron chi connectivity index (χ2n) is 6.73. The highest BCUT2D eigenvalue weighted by molar-refractivity contribution is 8.66. The van der Waals surface area contributed by atoms with Crippen LogP contribution in [0, 0.1) is 11.6 Å². The van der Waals surface area contributed by atoms with Crippen molar-refractivity contribution in [3.8, 4) is 17.0 Å². The van der Waals surface area contributed by atoms with Crippen LogP contribution >= 0.6 is 11.6 Å². The van der Waals surface area contributed by atoms with Gasteiger partial charge in [0.25, 0.3) is 0 Å². The van der Waals surface area contributed by atoms with Crippen molar-refractivity contribution < 1.29 is 30.4 Å². The van der Waals surface area contributed by atoms with E-state index in [4.69, 9.17) is 22.1 Å². The lowest BCUT2D eigenvalue weighted by Gasteiger charge is -2.15. The topological polar surface area (TPSA) is 153 Å². The Hall–Kier alpha value is -3.07. The number of pyridine rings is 2. The zero-order valence-corrected chi connectivity index (χ0v) is 20.0. The molecule has 0 aliphatic rings. The Morgan fingerprint density at radius 2 is 1.79 bits per heavy atom. The molecule has 0 aliphatic heterocycles. The minimum atomic E-state index is -5.03. The molecule has 2 heterocycles. The van der Waals surface area contributed by atoms with Crippen LogP contribution in [0.15, 0.2) is 36.7 Å². The van der Waals surface area contributed by atoms with E-state index in [1.807, 2.05) is 0 Å². The molecule has 3 aromatic rings. The summed E-state index contributed by atoms with van der Waals surface area (Å²) in [5.41, 5.74) is 6.50. The number of nitrogens with one attached hydrogen (secondary N) is 2. The Labute approximate surface area is 198 Å². The van der Waals surface area contributed by atoms with Crippen LogP contribution in [0.2, 0.25) is 5.02 Å². The molecule has 0 amide bonds. The average Bonchev–Trinajstić information content (AvgIpc) is 2.77. The van der Waals surface area contributed by atoms with Crippen LogP contribution in [-0.4, -0.2) is 41.0 Å². The molecule has 0 saturated heterocycles. The van der Waals surface area contributed by atoms with Gasteiger partial charge in [-0.3, -0.25) is 9.71 Å². The van der Waals surface area contributed by atoms with E-state index in [0.717, 1.165) is 19.3 Å². The highest BCUT2D eigenvalue weighted by Crippen LogP contribution is 2.37. The van der Waals surface area contributed by atoms with Crippen molar-refractivity contribution >= 4 is 41.2 Å². The number of benzene rings is 1. The summed E-state index contributed by atoms with van der Waals surface area (Å²) in [6, 6.07) is 5.21. The molecule has 3 rings (SSSR count). The maximum atomic E-state index is 15.0. The number of ether oxygens (including phenoxy) is 1. The van der Waals surface area contributed by atoms with Gasteiger partial charge in [-0.2, -0.15) is 16.8 Å². The fourth-order valence-electron chi connectivity index (χ4n) is 2.99. The number of halogens is 3. The molecule has 34 heavy (non-hydrogen) atoms. The Kier molecular flexibility index (Phi) is 7.26. The molecule has 0 saturated carbocycles. The minimum absolute atomic E-state index is 0.0169. The van der Waals surface area contributed by atoms with Gasteiger partial charge >= 0.3 is 18.1 Å². The van der Waals surface area contributed by atoms with E-state index >= 15 is 0 Å². The van der Waals surface area contributed by atoms with Crippen molar-refractivity contribution in [3.63, 3.8) is 0 Å². The lowest BCUT2D eigenvalue weighted by Crippen LogP contribution is -2.33. The van der Waals surface area contributed by atoms with Crippen LogP contribution in [0.3, 0.4) is 0 Å². The van der Waals surface area contributed by atoms with E-state index < -0.39 is 35.6 Å². The van der Waals surface area contributed by atoms with Crippen LogP contribution in [0.25, 0.3) is 11.3 Å². The summed E-state index contributed by atoms with van der Waals surface area (Å²) >= 11 is 5.78. The SMILES string of the molecule is CNS(=O)(=O)S(=O)(=O)Nc1nccc(Cc2cnc(-c3ccc(Cl)cc3F)c(N)c2OC)c1F. The number of nitrogens with zero attached hydrogens (tertiary/aromatic N) is 2. The van der Waals surface area contributed by atoms with Crippen molar-refractivity contribution in [2.24, 2.45) is 0 Å². The zero-order chi connectivity index (χ0) is 25.3. The first-order chi connectivity index (χ1) is 15.9. The van der Waals surface area contributed by atoms with Crippen LogP contribution in [0.4, 0.5) is 20.3 Å². The molecule has 0 aliphatic carbocycles. The van der Waals surface area contributed by atoms with Crippen molar-refractivity contribution in [2.45, 2.75) is 6.42 Å². The molecule has 2 aromatic heterocycles. The van der Waals surface area contributed by atoms with Crippen molar-refractivity contribution in [1.82, 2.24) is 14.7 Å². The molecule has 0 fully saturated rings. The lowest BCUT2D eigenvalue weighted by molar-refractivity contribution is 0.412. The van der Waals surface area contributed by atoms with Gasteiger partial charge in [-0.25, -0.2) is 18.5 Å². The van der Waals surface area contributed by atoms with Crippen LogP contribution in [0.5, 0.6) is 5.75 Å². The smallest absolute Gasteiger partial charge is 0.354 e. The third-order valence-corrected chi connectivity index (χ3v) is 8.88. The third kappa shape index (κ3) is 4.89. The van der Waals surface area contributed by atoms with E-state index in [2.05, 4.69) is 9.97 Å². The molecule has 1 aromatic carbocycles. The van der Waals surface area contributed by atoms with E-state index in [0.29, 0.717) is 5.56 Å².